The van der Waals surface area contributed by atoms with Crippen LogP contribution >= 0.6 is 0 Å². The Morgan fingerprint density at radius 2 is 2.05 bits per heavy atom. The number of nitrogens with zero attached hydrogens (tertiary/aromatic N) is 2. The number of halogens is 3. The van der Waals surface area contributed by atoms with Gasteiger partial charge in [-0.1, -0.05) is 19.9 Å². The van der Waals surface area contributed by atoms with E-state index in [0.29, 0.717) is 12.1 Å². The molecule has 0 saturated carbocycles. The van der Waals surface area contributed by atoms with Gasteiger partial charge in [0.1, 0.15) is 6.07 Å². The Labute approximate surface area is 120 Å². The Morgan fingerprint density at radius 1 is 1.38 bits per heavy atom. The number of hydrogen-bond donors (Lipinski definition) is 0. The summed E-state index contributed by atoms with van der Waals surface area (Å²) in [6.07, 6.45) is -1.75. The first-order valence-electron chi connectivity index (χ1n) is 6.35. The zero-order chi connectivity index (χ0) is 15.8. The molecule has 1 aromatic rings. The maximum Gasteiger partial charge on any atom is 0.417 e. The third-order valence-corrected chi connectivity index (χ3v) is 3.57. The molecule has 0 bridgehead atoms. The van der Waals surface area contributed by atoms with Crippen molar-refractivity contribution in [1.82, 2.24) is 4.98 Å². The second kappa shape index (κ2) is 4.99. The fraction of sp³-hybridized carbons (Fsp3) is 0.400. The van der Waals surface area contributed by atoms with E-state index in [-0.39, 0.29) is 17.3 Å². The summed E-state index contributed by atoms with van der Waals surface area (Å²) in [7, 11) is 0. The summed E-state index contributed by atoms with van der Waals surface area (Å²) < 4.78 is 37.5. The van der Waals surface area contributed by atoms with Crippen LogP contribution in [0.1, 0.15) is 37.4 Å². The third kappa shape index (κ3) is 2.97. The molecule has 0 amide bonds. The summed E-state index contributed by atoms with van der Waals surface area (Å²) in [5, 5.41) is 9.00. The van der Waals surface area contributed by atoms with Crippen molar-refractivity contribution < 1.29 is 18.0 Å². The third-order valence-electron chi connectivity index (χ3n) is 3.57. The summed E-state index contributed by atoms with van der Waals surface area (Å²) in [5.74, 6) is -0.581. The van der Waals surface area contributed by atoms with Gasteiger partial charge in [0.25, 0.3) is 0 Å². The molecular formula is C15H13F3N2O. The number of nitriles is 1. The number of carbonyl (C=O) groups is 1. The van der Waals surface area contributed by atoms with Crippen LogP contribution in [0, 0.1) is 16.7 Å². The minimum Gasteiger partial charge on any atom is -0.293 e. The molecule has 0 aliphatic heterocycles. The Morgan fingerprint density at radius 3 is 2.52 bits per heavy atom. The van der Waals surface area contributed by atoms with Crippen molar-refractivity contribution in [3.05, 3.63) is 41.2 Å². The highest BCUT2D eigenvalue weighted by molar-refractivity contribution is 6.03. The van der Waals surface area contributed by atoms with E-state index in [2.05, 4.69) is 4.98 Å². The molecule has 0 aromatic carbocycles. The van der Waals surface area contributed by atoms with Crippen LogP contribution in [0.4, 0.5) is 13.2 Å². The monoisotopic (exact) mass is 294 g/mol. The first kappa shape index (κ1) is 15.2. The Bertz CT molecular complexity index is 636. The Kier molecular flexibility index (Phi) is 3.62. The minimum atomic E-state index is -4.43. The highest BCUT2D eigenvalue weighted by atomic mass is 19.4. The van der Waals surface area contributed by atoms with E-state index in [4.69, 9.17) is 5.26 Å². The zero-order valence-electron chi connectivity index (χ0n) is 11.5. The molecule has 2 rings (SSSR count). The summed E-state index contributed by atoms with van der Waals surface area (Å²) in [5.41, 5.74) is -1.08. The average molecular weight is 294 g/mol. The highest BCUT2D eigenvalue weighted by Crippen LogP contribution is 2.40. The number of alkyl halides is 3. The van der Waals surface area contributed by atoms with Crippen molar-refractivity contribution in [3.8, 4) is 6.07 Å². The number of Topliss-reactive ketones (excluding diaryl/α,β-unsaturated/α-hetero) is 1. The topological polar surface area (TPSA) is 53.8 Å². The fourth-order valence-corrected chi connectivity index (χ4v) is 2.41. The van der Waals surface area contributed by atoms with Gasteiger partial charge in [0.15, 0.2) is 5.78 Å². The van der Waals surface area contributed by atoms with Crippen LogP contribution in [-0.2, 0) is 11.0 Å². The largest absolute Gasteiger partial charge is 0.417 e. The van der Waals surface area contributed by atoms with Crippen LogP contribution < -0.4 is 0 Å². The van der Waals surface area contributed by atoms with Crippen LogP contribution in [-0.4, -0.2) is 10.8 Å². The van der Waals surface area contributed by atoms with Gasteiger partial charge in [-0.15, -0.1) is 0 Å². The van der Waals surface area contributed by atoms with Gasteiger partial charge in [-0.2, -0.15) is 18.4 Å². The van der Waals surface area contributed by atoms with Crippen molar-refractivity contribution in [2.45, 2.75) is 32.4 Å². The summed E-state index contributed by atoms with van der Waals surface area (Å²) in [6, 6.07) is 4.11. The molecule has 1 aliphatic carbocycles. The van der Waals surface area contributed by atoms with Crippen molar-refractivity contribution in [3.63, 3.8) is 0 Å². The number of rotatable bonds is 1. The first-order valence-corrected chi connectivity index (χ1v) is 6.35. The molecule has 0 spiro atoms. The van der Waals surface area contributed by atoms with E-state index < -0.39 is 17.2 Å². The average Bonchev–Trinajstić information content (AvgIpc) is 2.41. The van der Waals surface area contributed by atoms with Crippen molar-refractivity contribution in [2.24, 2.45) is 5.41 Å². The van der Waals surface area contributed by atoms with E-state index in [9.17, 15) is 18.0 Å². The Hall–Kier alpha value is -2.16. The van der Waals surface area contributed by atoms with Crippen molar-refractivity contribution in [1.29, 1.82) is 5.26 Å². The molecule has 6 heteroatoms. The van der Waals surface area contributed by atoms with Crippen LogP contribution in [0.3, 0.4) is 0 Å². The lowest BCUT2D eigenvalue weighted by Gasteiger charge is -2.31. The first-order chi connectivity index (χ1) is 9.65. The van der Waals surface area contributed by atoms with Gasteiger partial charge >= 0.3 is 6.18 Å². The summed E-state index contributed by atoms with van der Waals surface area (Å²) in [4.78, 5) is 15.8. The fourth-order valence-electron chi connectivity index (χ4n) is 2.41. The van der Waals surface area contributed by atoms with Gasteiger partial charge in [0, 0.05) is 23.2 Å². The highest BCUT2D eigenvalue weighted by Gasteiger charge is 2.38. The Balaban J connectivity index is 2.37. The molecule has 0 radical (unpaired) electrons. The van der Waals surface area contributed by atoms with E-state index in [1.807, 2.05) is 6.07 Å². The predicted molar refractivity (Wildman–Crippen MR) is 69.1 cm³/mol. The lowest BCUT2D eigenvalue weighted by Crippen LogP contribution is -2.31. The molecule has 1 aromatic heterocycles. The van der Waals surface area contributed by atoms with Gasteiger partial charge in [0.05, 0.1) is 11.1 Å². The molecule has 110 valence electrons. The number of hydrogen-bond acceptors (Lipinski definition) is 3. The number of carbonyl (C=O) groups excluding carboxylic acids is 1. The number of ketones is 1. The van der Waals surface area contributed by atoms with Crippen LogP contribution in [0.2, 0.25) is 0 Å². The lowest BCUT2D eigenvalue weighted by molar-refractivity contribution is -0.137. The zero-order valence-corrected chi connectivity index (χ0v) is 11.5. The van der Waals surface area contributed by atoms with Gasteiger partial charge in [0.2, 0.25) is 0 Å². The molecule has 0 fully saturated rings. The maximum absolute atomic E-state index is 12.5. The van der Waals surface area contributed by atoms with E-state index >= 15 is 0 Å². The second-order valence-electron chi connectivity index (χ2n) is 5.69. The van der Waals surface area contributed by atoms with Crippen LogP contribution in [0.5, 0.6) is 0 Å². The lowest BCUT2D eigenvalue weighted by atomic mass is 9.71. The molecule has 1 unspecified atom stereocenters. The molecule has 1 heterocycles. The standard InChI is InChI=1S/C15H13F3N2O/c1-14(2)6-9(5-10(7-19)13(14)21)12-4-3-11(8-20-12)15(16,17)18/h3-5,8-9H,6H2,1-2H3. The SMILES string of the molecule is CC1(C)CC(c2ccc(C(F)(F)F)cn2)C=C(C#N)C1=O. The van der Waals surface area contributed by atoms with Gasteiger partial charge in [-0.3, -0.25) is 9.78 Å². The molecule has 21 heavy (non-hydrogen) atoms. The smallest absolute Gasteiger partial charge is 0.293 e. The predicted octanol–water partition coefficient (Wildman–Crippen LogP) is 3.63. The van der Waals surface area contributed by atoms with Crippen molar-refractivity contribution in [2.75, 3.05) is 0 Å². The van der Waals surface area contributed by atoms with Gasteiger partial charge in [-0.25, -0.2) is 0 Å². The minimum absolute atomic E-state index is 0.0398. The van der Waals surface area contributed by atoms with Gasteiger partial charge in [-0.05, 0) is 18.6 Å². The van der Waals surface area contributed by atoms with Gasteiger partial charge < -0.3 is 0 Å². The van der Waals surface area contributed by atoms with E-state index in [0.717, 1.165) is 12.3 Å². The van der Waals surface area contributed by atoms with Crippen molar-refractivity contribution >= 4 is 5.78 Å². The number of aromatic nitrogens is 1. The molecule has 1 atom stereocenters. The van der Waals surface area contributed by atoms with E-state index in [1.165, 1.54) is 12.1 Å². The second-order valence-corrected chi connectivity index (χ2v) is 5.69. The molecule has 0 N–H and O–H groups in total. The number of pyridine rings is 1. The maximum atomic E-state index is 12.5. The van der Waals surface area contributed by atoms with Crippen LogP contribution in [0.15, 0.2) is 30.0 Å². The summed E-state index contributed by atoms with van der Waals surface area (Å²) in [6.45, 7) is 3.44. The molecule has 1 aliphatic rings. The molecule has 3 nitrogen and oxygen atoms in total. The number of allylic oxidation sites excluding steroid dienone is 2. The quantitative estimate of drug-likeness (QED) is 0.794. The molecular weight excluding hydrogens is 281 g/mol. The van der Waals surface area contributed by atoms with E-state index in [1.54, 1.807) is 13.8 Å². The normalized spacial score (nSPS) is 21.6. The molecule has 0 saturated heterocycles. The summed E-state index contributed by atoms with van der Waals surface area (Å²) >= 11 is 0. The van der Waals surface area contributed by atoms with Crippen LogP contribution in [0.25, 0.3) is 0 Å².